The predicted molar refractivity (Wildman–Crippen MR) is 105 cm³/mol. The maximum atomic E-state index is 16.1. The van der Waals surface area contributed by atoms with Crippen molar-refractivity contribution in [1.29, 1.82) is 0 Å². The summed E-state index contributed by atoms with van der Waals surface area (Å²) in [5.41, 5.74) is -7.57. The summed E-state index contributed by atoms with van der Waals surface area (Å²) in [4.78, 5) is 53.1. The van der Waals surface area contributed by atoms with Crippen molar-refractivity contribution in [1.82, 2.24) is 9.80 Å². The van der Waals surface area contributed by atoms with Crippen LogP contribution in [0.5, 0.6) is 0 Å². The minimum Gasteiger partial charge on any atom is -0.467 e. The molecule has 0 radical (unpaired) electrons. The normalized spacial score (nSPS) is 26.0. The highest BCUT2D eigenvalue weighted by Crippen LogP contribution is 2.58. The standard InChI is InChI=1S/C20H31FN2O8/c1-17(2,3)30-15(26)23(16(27)31-18(4,5)6)20(14(25)28-7)12-19(20,21)13(24)22-8-10-29-11-9-22/h8-12H2,1-7H3/t19-,20+/m0/s1. The number of morpholine rings is 1. The molecule has 0 unspecified atom stereocenters. The number of imide groups is 1. The summed E-state index contributed by atoms with van der Waals surface area (Å²) in [6, 6.07) is 0. The van der Waals surface area contributed by atoms with Crippen LogP contribution in [0.25, 0.3) is 0 Å². The summed E-state index contributed by atoms with van der Waals surface area (Å²) in [5, 5.41) is 0. The molecule has 176 valence electrons. The minimum atomic E-state index is -2.88. The van der Waals surface area contributed by atoms with E-state index in [0.717, 1.165) is 7.11 Å². The lowest BCUT2D eigenvalue weighted by Gasteiger charge is -2.34. The largest absolute Gasteiger partial charge is 0.467 e. The van der Waals surface area contributed by atoms with Gasteiger partial charge in [-0.05, 0) is 41.5 Å². The van der Waals surface area contributed by atoms with Crippen LogP contribution in [0.2, 0.25) is 0 Å². The Labute approximate surface area is 180 Å². The molecule has 3 amide bonds. The van der Waals surface area contributed by atoms with Crippen molar-refractivity contribution in [3.63, 3.8) is 0 Å². The average molecular weight is 446 g/mol. The molecule has 1 aliphatic heterocycles. The van der Waals surface area contributed by atoms with E-state index >= 15 is 4.39 Å². The van der Waals surface area contributed by atoms with Gasteiger partial charge in [0.1, 0.15) is 11.2 Å². The van der Waals surface area contributed by atoms with Crippen molar-refractivity contribution >= 4 is 24.1 Å². The fourth-order valence-corrected chi connectivity index (χ4v) is 3.33. The van der Waals surface area contributed by atoms with Crippen LogP contribution in [0.3, 0.4) is 0 Å². The summed E-state index contributed by atoms with van der Waals surface area (Å²) < 4.78 is 36.5. The summed E-state index contributed by atoms with van der Waals surface area (Å²) in [5.74, 6) is -2.29. The van der Waals surface area contributed by atoms with E-state index in [9.17, 15) is 19.2 Å². The van der Waals surface area contributed by atoms with E-state index in [0.29, 0.717) is 0 Å². The number of hydrogen-bond donors (Lipinski definition) is 0. The molecular formula is C20H31FN2O8. The van der Waals surface area contributed by atoms with Gasteiger partial charge < -0.3 is 23.8 Å². The Hall–Kier alpha value is -2.43. The number of nitrogens with zero attached hydrogens (tertiary/aromatic N) is 2. The van der Waals surface area contributed by atoms with E-state index in [4.69, 9.17) is 18.9 Å². The van der Waals surface area contributed by atoms with Gasteiger partial charge in [-0.25, -0.2) is 18.8 Å². The number of ether oxygens (including phenoxy) is 4. The number of carbonyl (C=O) groups is 4. The first kappa shape index (κ1) is 24.8. The molecule has 0 bridgehead atoms. The Balaban J connectivity index is 2.51. The first-order chi connectivity index (χ1) is 14.1. The fourth-order valence-electron chi connectivity index (χ4n) is 3.33. The molecule has 31 heavy (non-hydrogen) atoms. The van der Waals surface area contributed by atoms with E-state index in [1.54, 1.807) is 0 Å². The van der Waals surface area contributed by atoms with Crippen LogP contribution in [-0.2, 0) is 28.5 Å². The highest BCUT2D eigenvalue weighted by Gasteiger charge is 2.85. The molecule has 11 heteroatoms. The molecule has 2 atom stereocenters. The number of alkyl halides is 1. The highest BCUT2D eigenvalue weighted by atomic mass is 19.1. The van der Waals surface area contributed by atoms with Crippen molar-refractivity contribution in [3.05, 3.63) is 0 Å². The first-order valence-electron chi connectivity index (χ1n) is 10.00. The number of carbonyl (C=O) groups excluding carboxylic acids is 4. The maximum absolute atomic E-state index is 16.1. The Morgan fingerprint density at radius 2 is 1.39 bits per heavy atom. The fraction of sp³-hybridized carbons (Fsp3) is 0.800. The molecular weight excluding hydrogens is 415 g/mol. The Bertz CT molecular complexity index is 725. The third-order valence-electron chi connectivity index (χ3n) is 4.72. The van der Waals surface area contributed by atoms with Crippen molar-refractivity contribution in [3.8, 4) is 0 Å². The zero-order valence-electron chi connectivity index (χ0n) is 19.1. The van der Waals surface area contributed by atoms with Crippen LogP contribution in [0.4, 0.5) is 14.0 Å². The van der Waals surface area contributed by atoms with Crippen LogP contribution in [0, 0.1) is 0 Å². The molecule has 1 saturated carbocycles. The lowest BCUT2D eigenvalue weighted by molar-refractivity contribution is -0.156. The third-order valence-corrected chi connectivity index (χ3v) is 4.72. The summed E-state index contributed by atoms with van der Waals surface area (Å²) in [7, 11) is 0.977. The second-order valence-electron chi connectivity index (χ2n) is 9.53. The van der Waals surface area contributed by atoms with Crippen molar-refractivity contribution in [2.24, 2.45) is 0 Å². The Morgan fingerprint density at radius 3 is 1.77 bits per heavy atom. The molecule has 1 aliphatic carbocycles. The zero-order chi connectivity index (χ0) is 23.8. The quantitative estimate of drug-likeness (QED) is 0.478. The highest BCUT2D eigenvalue weighted by molar-refractivity contribution is 6.08. The van der Waals surface area contributed by atoms with Gasteiger partial charge in [0, 0.05) is 19.5 Å². The Kier molecular flexibility index (Phi) is 6.61. The maximum Gasteiger partial charge on any atom is 0.421 e. The molecule has 0 N–H and O–H groups in total. The topological polar surface area (TPSA) is 112 Å². The molecule has 0 aromatic rings. The molecule has 1 heterocycles. The number of hydrogen-bond acceptors (Lipinski definition) is 8. The van der Waals surface area contributed by atoms with E-state index in [1.807, 2.05) is 0 Å². The van der Waals surface area contributed by atoms with Gasteiger partial charge in [0.05, 0.1) is 20.3 Å². The first-order valence-corrected chi connectivity index (χ1v) is 10.00. The van der Waals surface area contributed by atoms with Crippen molar-refractivity contribution < 1.29 is 42.5 Å². The molecule has 2 fully saturated rings. The lowest BCUT2D eigenvalue weighted by atomic mass is 10.1. The summed E-state index contributed by atoms with van der Waals surface area (Å²) >= 11 is 0. The number of halogens is 1. The molecule has 0 spiro atoms. The second-order valence-corrected chi connectivity index (χ2v) is 9.53. The second kappa shape index (κ2) is 8.25. The minimum absolute atomic E-state index is 0.112. The number of rotatable bonds is 3. The van der Waals surface area contributed by atoms with E-state index in [2.05, 4.69) is 0 Å². The molecule has 2 rings (SSSR count). The van der Waals surface area contributed by atoms with Gasteiger partial charge in [-0.3, -0.25) is 4.79 Å². The smallest absolute Gasteiger partial charge is 0.421 e. The number of esters is 1. The van der Waals surface area contributed by atoms with Crippen molar-refractivity contribution in [2.45, 2.75) is 70.4 Å². The SMILES string of the molecule is COC(=O)[C@]1(N(C(=O)OC(C)(C)C)C(=O)OC(C)(C)C)C[C@]1(F)C(=O)N1CCOCC1. The molecule has 0 aromatic carbocycles. The summed E-state index contributed by atoms with van der Waals surface area (Å²) in [6.07, 6.45) is -3.40. The molecule has 1 saturated heterocycles. The number of methoxy groups -OCH3 is 1. The predicted octanol–water partition coefficient (Wildman–Crippen LogP) is 2.04. The van der Waals surface area contributed by atoms with Crippen molar-refractivity contribution in [2.75, 3.05) is 33.4 Å². The van der Waals surface area contributed by atoms with Gasteiger partial charge >= 0.3 is 18.2 Å². The zero-order valence-corrected chi connectivity index (χ0v) is 19.1. The van der Waals surface area contributed by atoms with Gasteiger partial charge in [-0.1, -0.05) is 0 Å². The van der Waals surface area contributed by atoms with Crippen LogP contribution in [0.15, 0.2) is 0 Å². The lowest BCUT2D eigenvalue weighted by Crippen LogP contribution is -2.60. The molecule has 2 aliphatic rings. The van der Waals surface area contributed by atoms with E-state index in [1.165, 1.54) is 46.4 Å². The third kappa shape index (κ3) is 4.91. The van der Waals surface area contributed by atoms with E-state index < -0.39 is 52.9 Å². The summed E-state index contributed by atoms with van der Waals surface area (Å²) in [6.45, 7) is 9.86. The molecule has 10 nitrogen and oxygen atoms in total. The van der Waals surface area contributed by atoms with Gasteiger partial charge in [0.25, 0.3) is 5.91 Å². The van der Waals surface area contributed by atoms with Gasteiger partial charge in [-0.15, -0.1) is 0 Å². The van der Waals surface area contributed by atoms with Gasteiger partial charge in [-0.2, -0.15) is 4.90 Å². The average Bonchev–Trinajstić information content (AvgIpc) is 3.25. The number of amides is 3. The van der Waals surface area contributed by atoms with Gasteiger partial charge in [0.2, 0.25) is 11.2 Å². The van der Waals surface area contributed by atoms with Crippen LogP contribution in [-0.4, -0.2) is 89.7 Å². The Morgan fingerprint density at radius 1 is 0.935 bits per heavy atom. The van der Waals surface area contributed by atoms with Crippen LogP contribution < -0.4 is 0 Å². The van der Waals surface area contributed by atoms with Gasteiger partial charge in [0.15, 0.2) is 0 Å². The molecule has 0 aromatic heterocycles. The van der Waals surface area contributed by atoms with Crippen LogP contribution in [0.1, 0.15) is 48.0 Å². The van der Waals surface area contributed by atoms with Crippen LogP contribution >= 0.6 is 0 Å². The van der Waals surface area contributed by atoms with E-state index in [-0.39, 0.29) is 31.2 Å². The monoisotopic (exact) mass is 446 g/mol.